The zero-order chi connectivity index (χ0) is 21.3. The van der Waals surface area contributed by atoms with E-state index in [0.29, 0.717) is 24.5 Å². The van der Waals surface area contributed by atoms with Crippen molar-refractivity contribution in [2.75, 3.05) is 19.3 Å². The standard InChI is InChI=1S/C20H18FN5O3S/c1-25(20(27)28)6-7-26-11-12(10-24-26)18-9-15-19(30-18)17(4-5-23-15)29-16-3-2-13(22)8-14(16)21/h2-5,8-11H,6-7,22H2,1H3,(H,27,28). The maximum Gasteiger partial charge on any atom is 0.407 e. The van der Waals surface area contributed by atoms with Crippen LogP contribution in [0.1, 0.15) is 0 Å². The number of anilines is 1. The Hall–Kier alpha value is -3.66. The van der Waals surface area contributed by atoms with Gasteiger partial charge in [0, 0.05) is 54.2 Å². The first-order chi connectivity index (χ1) is 14.4. The highest BCUT2D eigenvalue weighted by molar-refractivity contribution is 7.22. The van der Waals surface area contributed by atoms with Crippen molar-refractivity contribution in [1.29, 1.82) is 0 Å². The summed E-state index contributed by atoms with van der Waals surface area (Å²) in [7, 11) is 1.51. The van der Waals surface area contributed by atoms with Crippen LogP contribution in [0, 0.1) is 5.82 Å². The maximum atomic E-state index is 14.1. The molecule has 30 heavy (non-hydrogen) atoms. The molecule has 0 radical (unpaired) electrons. The lowest BCUT2D eigenvalue weighted by atomic mass is 10.2. The molecule has 0 fully saturated rings. The topological polar surface area (TPSA) is 107 Å². The van der Waals surface area contributed by atoms with Crippen LogP contribution in [0.25, 0.3) is 20.7 Å². The zero-order valence-electron chi connectivity index (χ0n) is 15.9. The maximum absolute atomic E-state index is 14.1. The number of benzene rings is 1. The second kappa shape index (κ2) is 7.99. The van der Waals surface area contributed by atoms with Gasteiger partial charge in [-0.3, -0.25) is 9.67 Å². The van der Waals surface area contributed by atoms with E-state index >= 15 is 0 Å². The van der Waals surface area contributed by atoms with Gasteiger partial charge in [0.25, 0.3) is 0 Å². The van der Waals surface area contributed by atoms with Crippen molar-refractivity contribution < 1.29 is 19.0 Å². The molecule has 0 unspecified atom stereocenters. The van der Waals surface area contributed by atoms with E-state index in [0.717, 1.165) is 20.7 Å². The van der Waals surface area contributed by atoms with Crippen molar-refractivity contribution in [3.05, 3.63) is 54.7 Å². The van der Waals surface area contributed by atoms with Gasteiger partial charge in [-0.2, -0.15) is 5.10 Å². The van der Waals surface area contributed by atoms with Crippen LogP contribution in [0.4, 0.5) is 14.9 Å². The molecule has 1 aromatic carbocycles. The molecule has 3 heterocycles. The highest BCUT2D eigenvalue weighted by atomic mass is 32.1. The lowest BCUT2D eigenvalue weighted by Gasteiger charge is -2.12. The number of aromatic nitrogens is 3. The van der Waals surface area contributed by atoms with Crippen LogP contribution in [0.3, 0.4) is 0 Å². The quantitative estimate of drug-likeness (QED) is 0.445. The van der Waals surface area contributed by atoms with E-state index in [4.69, 9.17) is 15.6 Å². The average Bonchev–Trinajstić information content (AvgIpc) is 3.35. The van der Waals surface area contributed by atoms with Crippen LogP contribution in [-0.4, -0.2) is 44.5 Å². The number of carbonyl (C=O) groups is 1. The molecule has 4 aromatic rings. The SMILES string of the molecule is CN(CCn1cc(-c2cc3nccc(Oc4ccc(N)cc4F)c3s2)cn1)C(=O)O. The summed E-state index contributed by atoms with van der Waals surface area (Å²) >= 11 is 1.46. The number of pyridine rings is 1. The van der Waals surface area contributed by atoms with Crippen molar-refractivity contribution in [1.82, 2.24) is 19.7 Å². The van der Waals surface area contributed by atoms with Crippen LogP contribution in [-0.2, 0) is 6.54 Å². The lowest BCUT2D eigenvalue weighted by Crippen LogP contribution is -2.28. The summed E-state index contributed by atoms with van der Waals surface area (Å²) < 4.78 is 22.4. The van der Waals surface area contributed by atoms with E-state index in [1.54, 1.807) is 29.2 Å². The van der Waals surface area contributed by atoms with Crippen molar-refractivity contribution in [2.45, 2.75) is 6.54 Å². The number of nitrogens with two attached hydrogens (primary N) is 1. The van der Waals surface area contributed by atoms with E-state index in [2.05, 4.69) is 10.1 Å². The molecular weight excluding hydrogens is 409 g/mol. The number of thiophene rings is 1. The van der Waals surface area contributed by atoms with Crippen LogP contribution < -0.4 is 10.5 Å². The normalized spacial score (nSPS) is 11.0. The Kier molecular flexibility index (Phi) is 5.23. The van der Waals surface area contributed by atoms with Gasteiger partial charge in [0.1, 0.15) is 5.75 Å². The van der Waals surface area contributed by atoms with Crippen molar-refractivity contribution in [3.8, 4) is 21.9 Å². The predicted octanol–water partition coefficient (Wildman–Crippen LogP) is 4.28. The van der Waals surface area contributed by atoms with Gasteiger partial charge in [0.2, 0.25) is 0 Å². The molecule has 154 valence electrons. The number of ether oxygens (including phenoxy) is 1. The lowest BCUT2D eigenvalue weighted by molar-refractivity contribution is 0.154. The number of halogens is 1. The van der Waals surface area contributed by atoms with Crippen molar-refractivity contribution >= 4 is 33.3 Å². The Morgan fingerprint density at radius 1 is 1.33 bits per heavy atom. The molecule has 4 rings (SSSR count). The summed E-state index contributed by atoms with van der Waals surface area (Å²) in [6, 6.07) is 7.88. The van der Waals surface area contributed by atoms with Gasteiger partial charge in [-0.15, -0.1) is 11.3 Å². The average molecular weight is 427 g/mol. The molecular formula is C20H18FN5O3S. The van der Waals surface area contributed by atoms with Crippen molar-refractivity contribution in [2.24, 2.45) is 0 Å². The van der Waals surface area contributed by atoms with Crippen LogP contribution >= 0.6 is 11.3 Å². The fourth-order valence-corrected chi connectivity index (χ4v) is 3.86. The molecule has 3 N–H and O–H groups in total. The van der Waals surface area contributed by atoms with E-state index in [-0.39, 0.29) is 5.75 Å². The van der Waals surface area contributed by atoms with Gasteiger partial charge in [-0.25, -0.2) is 9.18 Å². The number of hydrogen-bond acceptors (Lipinski definition) is 6. The predicted molar refractivity (Wildman–Crippen MR) is 112 cm³/mol. The van der Waals surface area contributed by atoms with Gasteiger partial charge < -0.3 is 20.5 Å². The molecule has 0 aliphatic heterocycles. The zero-order valence-corrected chi connectivity index (χ0v) is 16.8. The molecule has 1 amide bonds. The van der Waals surface area contributed by atoms with Crippen LogP contribution in [0.15, 0.2) is 48.9 Å². The molecule has 0 saturated carbocycles. The fraction of sp³-hybridized carbons (Fsp3) is 0.150. The minimum absolute atomic E-state index is 0.0852. The van der Waals surface area contributed by atoms with E-state index in [9.17, 15) is 9.18 Å². The van der Waals surface area contributed by atoms with E-state index in [1.165, 1.54) is 35.4 Å². The summed E-state index contributed by atoms with van der Waals surface area (Å²) in [4.78, 5) is 17.4. The Labute approximate surface area is 174 Å². The highest BCUT2D eigenvalue weighted by Crippen LogP contribution is 2.39. The summed E-state index contributed by atoms with van der Waals surface area (Å²) in [5.74, 6) is 0.0433. The molecule has 0 aliphatic rings. The van der Waals surface area contributed by atoms with Crippen molar-refractivity contribution in [3.63, 3.8) is 0 Å². The number of carboxylic acid groups (broad SMARTS) is 1. The highest BCUT2D eigenvalue weighted by Gasteiger charge is 2.14. The number of amides is 1. The summed E-state index contributed by atoms with van der Waals surface area (Å²) in [6.07, 6.45) is 4.18. The van der Waals surface area contributed by atoms with Crippen LogP contribution in [0.2, 0.25) is 0 Å². The minimum atomic E-state index is -0.983. The Morgan fingerprint density at radius 3 is 2.93 bits per heavy atom. The second-order valence-corrected chi connectivity index (χ2v) is 7.67. The first-order valence-corrected chi connectivity index (χ1v) is 9.80. The molecule has 0 aliphatic carbocycles. The largest absolute Gasteiger partial charge is 0.465 e. The number of hydrogen-bond donors (Lipinski definition) is 2. The molecule has 8 nitrogen and oxygen atoms in total. The minimum Gasteiger partial charge on any atom is -0.465 e. The monoisotopic (exact) mass is 427 g/mol. The van der Waals surface area contributed by atoms with Gasteiger partial charge in [-0.05, 0) is 18.2 Å². The number of nitrogen functional groups attached to an aromatic ring is 1. The number of rotatable bonds is 6. The third kappa shape index (κ3) is 4.03. The Morgan fingerprint density at radius 2 is 2.17 bits per heavy atom. The fourth-order valence-electron chi connectivity index (χ4n) is 2.82. The molecule has 10 heteroatoms. The first-order valence-electron chi connectivity index (χ1n) is 8.99. The smallest absolute Gasteiger partial charge is 0.407 e. The molecule has 0 bridgehead atoms. The number of fused-ring (bicyclic) bond motifs is 1. The second-order valence-electron chi connectivity index (χ2n) is 6.62. The third-order valence-corrected chi connectivity index (χ3v) is 5.65. The molecule has 0 spiro atoms. The Balaban J connectivity index is 1.58. The molecule has 0 atom stereocenters. The summed E-state index contributed by atoms with van der Waals surface area (Å²) in [6.45, 7) is 0.770. The van der Waals surface area contributed by atoms with E-state index < -0.39 is 11.9 Å². The number of likely N-dealkylation sites (N-methyl/N-ethyl adjacent to an activating group) is 1. The third-order valence-electron chi connectivity index (χ3n) is 4.46. The number of nitrogens with zero attached hydrogens (tertiary/aromatic N) is 4. The van der Waals surface area contributed by atoms with Gasteiger partial charge in [-0.1, -0.05) is 0 Å². The first kappa shape index (κ1) is 19.6. The summed E-state index contributed by atoms with van der Waals surface area (Å²) in [5, 5.41) is 13.2. The molecule has 3 aromatic heterocycles. The van der Waals surface area contributed by atoms with E-state index in [1.807, 2.05) is 12.3 Å². The molecule has 0 saturated heterocycles. The van der Waals surface area contributed by atoms with Gasteiger partial charge in [0.15, 0.2) is 11.6 Å². The Bertz CT molecular complexity index is 1220. The van der Waals surface area contributed by atoms with Gasteiger partial charge in [0.05, 0.1) is 23.0 Å². The summed E-state index contributed by atoms with van der Waals surface area (Å²) in [5.41, 5.74) is 7.51. The van der Waals surface area contributed by atoms with Gasteiger partial charge >= 0.3 is 6.09 Å². The van der Waals surface area contributed by atoms with Crippen LogP contribution in [0.5, 0.6) is 11.5 Å².